The van der Waals surface area contributed by atoms with Gasteiger partial charge in [0.1, 0.15) is 0 Å². The maximum Gasteiger partial charge on any atom is 0.240 e. The fourth-order valence-corrected chi connectivity index (χ4v) is 4.20. The molecule has 0 N–H and O–H groups in total. The zero-order chi connectivity index (χ0) is 16.5. The van der Waals surface area contributed by atoms with Gasteiger partial charge < -0.3 is 4.90 Å². The summed E-state index contributed by atoms with van der Waals surface area (Å²) in [6.45, 7) is 3.87. The van der Waals surface area contributed by atoms with Crippen LogP contribution in [0, 0.1) is 31.6 Å². The van der Waals surface area contributed by atoms with Crippen molar-refractivity contribution in [2.75, 3.05) is 11.9 Å². The molecule has 1 aromatic rings. The van der Waals surface area contributed by atoms with E-state index in [-0.39, 0.29) is 23.8 Å². The van der Waals surface area contributed by atoms with Crippen molar-refractivity contribution >= 4 is 23.4 Å². The highest BCUT2D eigenvalue weighted by Gasteiger charge is 2.61. The normalized spacial score (nSPS) is 32.0. The molecule has 2 bridgehead atoms. The lowest BCUT2D eigenvalue weighted by Gasteiger charge is -2.44. The largest absolute Gasteiger partial charge is 0.338 e. The SMILES string of the molecule is Cc1ccc(N2C(=O)[C@@H]3[C@@H](C2=O)[C@@H]2C=C[C@H]3C(=O)N2C)c(C)c1. The Bertz CT molecular complexity index is 782. The number of anilines is 1. The number of carbonyl (C=O) groups excluding carboxylic acids is 3. The van der Waals surface area contributed by atoms with E-state index in [2.05, 4.69) is 0 Å². The van der Waals surface area contributed by atoms with Crippen LogP contribution in [0.25, 0.3) is 0 Å². The van der Waals surface area contributed by atoms with Gasteiger partial charge in [0, 0.05) is 7.05 Å². The van der Waals surface area contributed by atoms with Gasteiger partial charge in [-0.1, -0.05) is 29.8 Å². The Morgan fingerprint density at radius 1 is 0.913 bits per heavy atom. The van der Waals surface area contributed by atoms with Crippen molar-refractivity contribution in [2.24, 2.45) is 17.8 Å². The van der Waals surface area contributed by atoms with Crippen LogP contribution in [0.15, 0.2) is 30.4 Å². The van der Waals surface area contributed by atoms with Crippen molar-refractivity contribution in [1.29, 1.82) is 0 Å². The first-order valence-corrected chi connectivity index (χ1v) is 7.82. The number of likely N-dealkylation sites (N-methyl/N-ethyl adjacent to an activating group) is 1. The van der Waals surface area contributed by atoms with E-state index < -0.39 is 17.8 Å². The molecular weight excluding hydrogens is 292 g/mol. The van der Waals surface area contributed by atoms with Gasteiger partial charge in [-0.3, -0.25) is 14.4 Å². The number of hydrogen-bond donors (Lipinski definition) is 0. The van der Waals surface area contributed by atoms with E-state index in [9.17, 15) is 14.4 Å². The second kappa shape index (κ2) is 4.54. The van der Waals surface area contributed by atoms with Gasteiger partial charge in [0.05, 0.1) is 29.5 Å². The molecule has 4 atom stereocenters. The number of amides is 3. The summed E-state index contributed by atoms with van der Waals surface area (Å²) in [5, 5.41) is 0. The minimum absolute atomic E-state index is 0.0672. The van der Waals surface area contributed by atoms with Gasteiger partial charge >= 0.3 is 0 Å². The summed E-state index contributed by atoms with van der Waals surface area (Å²) < 4.78 is 0. The summed E-state index contributed by atoms with van der Waals surface area (Å²) >= 11 is 0. The lowest BCUT2D eigenvalue weighted by atomic mass is 9.70. The molecule has 2 fully saturated rings. The maximum absolute atomic E-state index is 13.0. The average Bonchev–Trinajstić information content (AvgIpc) is 2.77. The van der Waals surface area contributed by atoms with Gasteiger partial charge in [0.2, 0.25) is 17.7 Å². The zero-order valence-corrected chi connectivity index (χ0v) is 13.3. The molecule has 23 heavy (non-hydrogen) atoms. The molecule has 4 aliphatic rings. The molecule has 3 amide bonds. The fourth-order valence-electron chi connectivity index (χ4n) is 4.20. The summed E-state index contributed by atoms with van der Waals surface area (Å²) in [4.78, 5) is 41.1. The highest BCUT2D eigenvalue weighted by atomic mass is 16.2. The molecule has 5 heteroatoms. The Kier molecular flexibility index (Phi) is 2.80. The number of benzene rings is 1. The third kappa shape index (κ3) is 1.70. The Labute approximate surface area is 134 Å². The molecule has 0 radical (unpaired) electrons. The number of aryl methyl sites for hydroxylation is 2. The molecule has 0 saturated carbocycles. The van der Waals surface area contributed by atoms with Crippen LogP contribution < -0.4 is 4.90 Å². The third-order valence-corrected chi connectivity index (χ3v) is 5.34. The molecule has 3 aliphatic heterocycles. The molecule has 0 spiro atoms. The topological polar surface area (TPSA) is 57.7 Å². The van der Waals surface area contributed by atoms with Crippen LogP contribution in [0.4, 0.5) is 5.69 Å². The third-order valence-electron chi connectivity index (χ3n) is 5.34. The van der Waals surface area contributed by atoms with Gasteiger partial charge in [0.15, 0.2) is 0 Å². The van der Waals surface area contributed by atoms with Crippen molar-refractivity contribution in [3.05, 3.63) is 41.5 Å². The van der Waals surface area contributed by atoms with Gasteiger partial charge in [-0.2, -0.15) is 0 Å². The Hall–Kier alpha value is -2.43. The number of hydrogen-bond acceptors (Lipinski definition) is 3. The second-order valence-corrected chi connectivity index (χ2v) is 6.70. The van der Waals surface area contributed by atoms with E-state index in [4.69, 9.17) is 0 Å². The highest BCUT2D eigenvalue weighted by molar-refractivity contribution is 6.24. The first-order chi connectivity index (χ1) is 10.9. The minimum Gasteiger partial charge on any atom is -0.338 e. The molecule has 5 rings (SSSR count). The van der Waals surface area contributed by atoms with Crippen molar-refractivity contribution < 1.29 is 14.4 Å². The first-order valence-electron chi connectivity index (χ1n) is 7.82. The summed E-state index contributed by atoms with van der Waals surface area (Å²) in [5.74, 6) is -2.02. The van der Waals surface area contributed by atoms with E-state index in [0.717, 1.165) is 11.1 Å². The monoisotopic (exact) mass is 310 g/mol. The van der Waals surface area contributed by atoms with Crippen LogP contribution >= 0.6 is 0 Å². The number of carbonyl (C=O) groups is 3. The van der Waals surface area contributed by atoms with Gasteiger partial charge in [-0.25, -0.2) is 4.90 Å². The lowest BCUT2D eigenvalue weighted by Crippen LogP contribution is -2.57. The molecule has 2 saturated heterocycles. The van der Waals surface area contributed by atoms with Crippen molar-refractivity contribution in [3.63, 3.8) is 0 Å². The van der Waals surface area contributed by atoms with Crippen LogP contribution in [0.3, 0.4) is 0 Å². The maximum atomic E-state index is 13.0. The summed E-state index contributed by atoms with van der Waals surface area (Å²) in [6, 6.07) is 5.36. The van der Waals surface area contributed by atoms with E-state index in [0.29, 0.717) is 5.69 Å². The Morgan fingerprint density at radius 2 is 1.61 bits per heavy atom. The van der Waals surface area contributed by atoms with Crippen molar-refractivity contribution in [2.45, 2.75) is 19.9 Å². The van der Waals surface area contributed by atoms with Gasteiger partial charge in [-0.15, -0.1) is 0 Å². The molecule has 1 aliphatic carbocycles. The van der Waals surface area contributed by atoms with Crippen LogP contribution in [0.1, 0.15) is 11.1 Å². The fraction of sp³-hybridized carbons (Fsp3) is 0.389. The number of rotatable bonds is 1. The minimum atomic E-state index is -0.554. The van der Waals surface area contributed by atoms with Crippen molar-refractivity contribution in [1.82, 2.24) is 4.90 Å². The Morgan fingerprint density at radius 3 is 2.30 bits per heavy atom. The Balaban J connectivity index is 1.81. The van der Waals surface area contributed by atoms with E-state index in [1.807, 2.05) is 38.1 Å². The molecular formula is C18H18N2O3. The molecule has 5 nitrogen and oxygen atoms in total. The van der Waals surface area contributed by atoms with E-state index >= 15 is 0 Å². The number of nitrogens with zero attached hydrogens (tertiary/aromatic N) is 2. The summed E-state index contributed by atoms with van der Waals surface area (Å²) in [7, 11) is 1.71. The predicted molar refractivity (Wildman–Crippen MR) is 84.6 cm³/mol. The summed E-state index contributed by atoms with van der Waals surface area (Å²) in [6.07, 6.45) is 3.69. The number of fused-ring (bicyclic) bond motifs is 1. The molecule has 118 valence electrons. The van der Waals surface area contributed by atoms with E-state index in [1.165, 1.54) is 4.90 Å². The number of piperidine rings is 1. The van der Waals surface area contributed by atoms with Gasteiger partial charge in [0.25, 0.3) is 0 Å². The molecule has 0 unspecified atom stereocenters. The zero-order valence-electron chi connectivity index (χ0n) is 13.3. The quantitative estimate of drug-likeness (QED) is 0.582. The summed E-state index contributed by atoms with van der Waals surface area (Å²) in [5.41, 5.74) is 2.61. The van der Waals surface area contributed by atoms with Crippen molar-refractivity contribution in [3.8, 4) is 0 Å². The van der Waals surface area contributed by atoms with Gasteiger partial charge in [-0.05, 0) is 25.5 Å². The number of imide groups is 1. The molecule has 0 aromatic heterocycles. The smallest absolute Gasteiger partial charge is 0.240 e. The van der Waals surface area contributed by atoms with Crippen LogP contribution in [-0.2, 0) is 14.4 Å². The second-order valence-electron chi connectivity index (χ2n) is 6.70. The van der Waals surface area contributed by atoms with Crippen LogP contribution in [-0.4, -0.2) is 35.7 Å². The standard InChI is InChI=1S/C18H18N2O3/c1-9-4-6-12(10(2)8-9)20-17(22)14-11-5-7-13(15(14)18(20)23)19(3)16(11)21/h4-8,11,13-15H,1-3H3/t11-,13+,14+,15+/m1/s1. The molecule has 1 aromatic carbocycles. The first kappa shape index (κ1) is 14.2. The van der Waals surface area contributed by atoms with Crippen LogP contribution in [0.5, 0.6) is 0 Å². The lowest BCUT2D eigenvalue weighted by molar-refractivity contribution is -0.148. The van der Waals surface area contributed by atoms with E-state index in [1.54, 1.807) is 18.0 Å². The molecule has 3 heterocycles. The average molecular weight is 310 g/mol. The van der Waals surface area contributed by atoms with Crippen LogP contribution in [0.2, 0.25) is 0 Å². The highest BCUT2D eigenvalue weighted by Crippen LogP contribution is 2.46. The predicted octanol–water partition coefficient (Wildman–Crippen LogP) is 1.44.